The lowest BCUT2D eigenvalue weighted by Gasteiger charge is -2.10. The minimum Gasteiger partial charge on any atom is -0.383 e. The number of hydrogen-bond donors (Lipinski definition) is 4. The van der Waals surface area contributed by atoms with Gasteiger partial charge in [0.1, 0.15) is 22.5 Å². The lowest BCUT2D eigenvalue weighted by Crippen LogP contribution is -2.12. The van der Waals surface area contributed by atoms with Crippen molar-refractivity contribution in [2.75, 3.05) is 16.9 Å². The van der Waals surface area contributed by atoms with E-state index in [9.17, 15) is 13.2 Å². The SMILES string of the molecule is NNc1cc(C(F)(F)F)cc(Sc2nc(N)cc(N)n2)n1. The van der Waals surface area contributed by atoms with Gasteiger partial charge in [-0.2, -0.15) is 13.2 Å². The molecule has 7 N–H and O–H groups in total. The first-order chi connectivity index (χ1) is 9.77. The Bertz CT molecular complexity index is 641. The molecule has 21 heavy (non-hydrogen) atoms. The van der Waals surface area contributed by atoms with E-state index in [1.807, 2.05) is 0 Å². The number of anilines is 3. The second-order valence-electron chi connectivity index (χ2n) is 3.82. The average Bonchev–Trinajstić information content (AvgIpc) is 2.36. The molecule has 0 atom stereocenters. The van der Waals surface area contributed by atoms with Crippen molar-refractivity contribution in [2.24, 2.45) is 5.84 Å². The zero-order valence-electron chi connectivity index (χ0n) is 10.3. The second-order valence-corrected chi connectivity index (χ2v) is 4.81. The molecule has 0 radical (unpaired) electrons. The zero-order valence-corrected chi connectivity index (χ0v) is 11.2. The van der Waals surface area contributed by atoms with Gasteiger partial charge in [0.2, 0.25) is 0 Å². The molecule has 0 aliphatic heterocycles. The first-order valence-electron chi connectivity index (χ1n) is 5.41. The smallest absolute Gasteiger partial charge is 0.383 e. The van der Waals surface area contributed by atoms with Crippen LogP contribution in [-0.4, -0.2) is 15.0 Å². The molecule has 2 aromatic rings. The van der Waals surface area contributed by atoms with Crippen molar-refractivity contribution in [3.8, 4) is 0 Å². The third-order valence-electron chi connectivity index (χ3n) is 2.22. The van der Waals surface area contributed by atoms with Gasteiger partial charge in [0.05, 0.1) is 5.56 Å². The molecule has 2 heterocycles. The fourth-order valence-corrected chi connectivity index (χ4v) is 2.22. The maximum absolute atomic E-state index is 12.8. The Balaban J connectivity index is 2.39. The molecule has 0 amide bonds. The molecule has 2 rings (SSSR count). The van der Waals surface area contributed by atoms with Gasteiger partial charge in [-0.05, 0) is 23.9 Å². The van der Waals surface area contributed by atoms with Gasteiger partial charge in [-0.1, -0.05) is 0 Å². The Morgan fingerprint density at radius 2 is 1.62 bits per heavy atom. The van der Waals surface area contributed by atoms with Gasteiger partial charge in [-0.25, -0.2) is 20.8 Å². The number of rotatable bonds is 3. The summed E-state index contributed by atoms with van der Waals surface area (Å²) in [7, 11) is 0. The Hall–Kier alpha value is -2.27. The monoisotopic (exact) mass is 317 g/mol. The Labute approximate surface area is 121 Å². The number of aromatic nitrogens is 3. The molecule has 0 fully saturated rings. The summed E-state index contributed by atoms with van der Waals surface area (Å²) in [5.74, 6) is 5.19. The number of hydrogen-bond acceptors (Lipinski definition) is 8. The fourth-order valence-electron chi connectivity index (χ4n) is 1.40. The number of pyridine rings is 1. The highest BCUT2D eigenvalue weighted by molar-refractivity contribution is 7.99. The Morgan fingerprint density at radius 1 is 1.00 bits per heavy atom. The van der Waals surface area contributed by atoms with E-state index in [2.05, 4.69) is 20.4 Å². The maximum Gasteiger partial charge on any atom is 0.416 e. The summed E-state index contributed by atoms with van der Waals surface area (Å²) in [6.07, 6.45) is -4.53. The van der Waals surface area contributed by atoms with Crippen LogP contribution in [0.2, 0.25) is 0 Å². The van der Waals surface area contributed by atoms with Crippen molar-refractivity contribution in [2.45, 2.75) is 16.4 Å². The van der Waals surface area contributed by atoms with Gasteiger partial charge >= 0.3 is 6.18 Å². The van der Waals surface area contributed by atoms with E-state index in [-0.39, 0.29) is 27.6 Å². The number of nitrogens with zero attached hydrogens (tertiary/aromatic N) is 3. The third-order valence-corrected chi connectivity index (χ3v) is 3.00. The summed E-state index contributed by atoms with van der Waals surface area (Å²) < 4.78 is 38.3. The molecule has 11 heteroatoms. The van der Waals surface area contributed by atoms with Crippen LogP contribution >= 0.6 is 11.8 Å². The van der Waals surface area contributed by atoms with Gasteiger partial charge in [0.25, 0.3) is 0 Å². The van der Waals surface area contributed by atoms with E-state index in [1.54, 1.807) is 0 Å². The molecule has 112 valence electrons. The molecular weight excluding hydrogens is 307 g/mol. The van der Waals surface area contributed by atoms with Crippen molar-refractivity contribution < 1.29 is 13.2 Å². The first kappa shape index (κ1) is 15.1. The van der Waals surface area contributed by atoms with E-state index in [4.69, 9.17) is 17.3 Å². The molecule has 0 bridgehead atoms. The van der Waals surface area contributed by atoms with Crippen LogP contribution in [-0.2, 0) is 6.18 Å². The summed E-state index contributed by atoms with van der Waals surface area (Å²) in [6, 6.07) is 2.98. The molecule has 2 aromatic heterocycles. The third kappa shape index (κ3) is 3.86. The molecule has 0 aliphatic rings. The quantitative estimate of drug-likeness (QED) is 0.381. The highest BCUT2D eigenvalue weighted by atomic mass is 32.2. The number of nitrogens with one attached hydrogen (secondary N) is 1. The number of nitrogens with two attached hydrogens (primary N) is 3. The van der Waals surface area contributed by atoms with Gasteiger partial charge in [-0.15, -0.1) is 0 Å². The van der Waals surface area contributed by atoms with Gasteiger partial charge in [0.15, 0.2) is 5.16 Å². The van der Waals surface area contributed by atoms with Gasteiger partial charge in [-0.3, -0.25) is 0 Å². The van der Waals surface area contributed by atoms with E-state index in [0.29, 0.717) is 0 Å². The van der Waals surface area contributed by atoms with Crippen LogP contribution in [0.15, 0.2) is 28.4 Å². The number of hydrazine groups is 1. The molecule has 7 nitrogen and oxygen atoms in total. The average molecular weight is 317 g/mol. The molecule has 0 saturated heterocycles. The number of halogens is 3. The van der Waals surface area contributed by atoms with Crippen LogP contribution in [0.3, 0.4) is 0 Å². The van der Waals surface area contributed by atoms with E-state index >= 15 is 0 Å². The maximum atomic E-state index is 12.8. The van der Waals surface area contributed by atoms with Crippen molar-refractivity contribution in [3.63, 3.8) is 0 Å². The molecule has 0 aliphatic carbocycles. The van der Waals surface area contributed by atoms with Crippen LogP contribution in [0.5, 0.6) is 0 Å². The summed E-state index contributed by atoms with van der Waals surface area (Å²) in [5.41, 5.74) is 12.2. The highest BCUT2D eigenvalue weighted by Gasteiger charge is 2.31. The van der Waals surface area contributed by atoms with Crippen LogP contribution < -0.4 is 22.7 Å². The highest BCUT2D eigenvalue weighted by Crippen LogP contribution is 2.34. The predicted molar refractivity (Wildman–Crippen MR) is 72.0 cm³/mol. The number of alkyl halides is 3. The van der Waals surface area contributed by atoms with Crippen molar-refractivity contribution >= 4 is 29.2 Å². The van der Waals surface area contributed by atoms with E-state index < -0.39 is 11.7 Å². The van der Waals surface area contributed by atoms with E-state index in [0.717, 1.165) is 23.9 Å². The fraction of sp³-hybridized carbons (Fsp3) is 0.100. The second kappa shape index (κ2) is 5.61. The molecule has 0 aromatic carbocycles. The molecular formula is C10H10F3N7S. The van der Waals surface area contributed by atoms with Crippen LogP contribution in [0.4, 0.5) is 30.6 Å². The van der Waals surface area contributed by atoms with Crippen LogP contribution in [0, 0.1) is 0 Å². The lowest BCUT2D eigenvalue weighted by atomic mass is 10.2. The minimum absolute atomic E-state index is 0.00257. The van der Waals surface area contributed by atoms with E-state index in [1.165, 1.54) is 6.07 Å². The van der Waals surface area contributed by atoms with Crippen molar-refractivity contribution in [3.05, 3.63) is 23.8 Å². The van der Waals surface area contributed by atoms with Crippen molar-refractivity contribution in [1.29, 1.82) is 0 Å². The van der Waals surface area contributed by atoms with Gasteiger partial charge in [0, 0.05) is 6.07 Å². The van der Waals surface area contributed by atoms with Crippen molar-refractivity contribution in [1.82, 2.24) is 15.0 Å². The summed E-state index contributed by atoms with van der Waals surface area (Å²) in [4.78, 5) is 11.6. The van der Waals surface area contributed by atoms with Crippen LogP contribution in [0.25, 0.3) is 0 Å². The Morgan fingerprint density at radius 3 is 2.14 bits per heavy atom. The zero-order chi connectivity index (χ0) is 15.6. The first-order valence-corrected chi connectivity index (χ1v) is 6.23. The molecule has 0 spiro atoms. The number of nitrogen functional groups attached to an aromatic ring is 3. The standard InChI is InChI=1S/C10H10F3N7S/c11-10(12,13)4-1-7(20-16)19-8(2-4)21-9-17-5(14)3-6(15)18-9/h1-3H,16H2,(H,19,20)(H4,14,15,17,18). The lowest BCUT2D eigenvalue weighted by molar-refractivity contribution is -0.137. The van der Waals surface area contributed by atoms with Crippen LogP contribution in [0.1, 0.15) is 5.56 Å². The summed E-state index contributed by atoms with van der Waals surface area (Å²) in [5, 5.41) is 0.0880. The summed E-state index contributed by atoms with van der Waals surface area (Å²) >= 11 is 0.787. The Kier molecular flexibility index (Phi) is 4.04. The molecule has 0 saturated carbocycles. The summed E-state index contributed by atoms with van der Waals surface area (Å²) in [6.45, 7) is 0. The normalized spacial score (nSPS) is 11.4. The molecule has 0 unspecified atom stereocenters. The largest absolute Gasteiger partial charge is 0.416 e. The van der Waals surface area contributed by atoms with Gasteiger partial charge < -0.3 is 16.9 Å². The topological polar surface area (TPSA) is 129 Å². The minimum atomic E-state index is -4.53. The predicted octanol–water partition coefficient (Wildman–Crippen LogP) is 1.49.